The van der Waals surface area contributed by atoms with Gasteiger partial charge in [0.25, 0.3) is 0 Å². The highest BCUT2D eigenvalue weighted by Crippen LogP contribution is 2.16. The highest BCUT2D eigenvalue weighted by atomic mass is 32.1. The number of thiophene rings is 1. The fourth-order valence-electron chi connectivity index (χ4n) is 2.17. The summed E-state index contributed by atoms with van der Waals surface area (Å²) < 4.78 is 0. The van der Waals surface area contributed by atoms with Gasteiger partial charge in [-0.2, -0.15) is 0 Å². The van der Waals surface area contributed by atoms with Crippen LogP contribution in [0.5, 0.6) is 0 Å². The molecule has 2 unspecified atom stereocenters. The zero-order chi connectivity index (χ0) is 13.7. The molecule has 0 fully saturated rings. The molecule has 0 aliphatic rings. The number of rotatable bonds is 6. The molecule has 0 radical (unpaired) electrons. The van der Waals surface area contributed by atoms with E-state index in [1.807, 2.05) is 29.5 Å². The molecular weight excluding hydrogens is 252 g/mol. The minimum Gasteiger partial charge on any atom is -0.323 e. The Hall–Kier alpha value is -1.16. The predicted octanol–water partition coefficient (Wildman–Crippen LogP) is 3.31. The third-order valence-corrected chi connectivity index (χ3v) is 4.44. The van der Waals surface area contributed by atoms with Crippen molar-refractivity contribution in [3.8, 4) is 0 Å². The molecule has 3 heteroatoms. The number of hydrogen-bond acceptors (Lipinski definition) is 3. The molecule has 102 valence electrons. The van der Waals surface area contributed by atoms with E-state index in [0.29, 0.717) is 6.04 Å². The SMILES string of the molecule is CC(Cc1cccs1)N(C)CC(N)c1ccccc1. The minimum absolute atomic E-state index is 0.0805. The first-order valence-electron chi connectivity index (χ1n) is 6.70. The monoisotopic (exact) mass is 274 g/mol. The fraction of sp³-hybridized carbons (Fsp3) is 0.375. The molecule has 0 saturated heterocycles. The highest BCUT2D eigenvalue weighted by Gasteiger charge is 2.14. The molecule has 1 heterocycles. The van der Waals surface area contributed by atoms with Gasteiger partial charge in [-0.15, -0.1) is 11.3 Å². The van der Waals surface area contributed by atoms with Crippen LogP contribution in [0, 0.1) is 0 Å². The summed E-state index contributed by atoms with van der Waals surface area (Å²) in [5.74, 6) is 0. The first-order chi connectivity index (χ1) is 9.16. The van der Waals surface area contributed by atoms with Crippen molar-refractivity contribution in [3.63, 3.8) is 0 Å². The molecular formula is C16H22N2S. The zero-order valence-electron chi connectivity index (χ0n) is 11.6. The molecule has 0 bridgehead atoms. The lowest BCUT2D eigenvalue weighted by Gasteiger charge is -2.27. The Bertz CT molecular complexity index is 467. The molecule has 0 spiro atoms. The van der Waals surface area contributed by atoms with Crippen LogP contribution in [0.3, 0.4) is 0 Å². The lowest BCUT2D eigenvalue weighted by atomic mass is 10.1. The number of nitrogens with two attached hydrogens (primary N) is 1. The lowest BCUT2D eigenvalue weighted by Crippen LogP contribution is -2.36. The topological polar surface area (TPSA) is 29.3 Å². The van der Waals surface area contributed by atoms with Crippen molar-refractivity contribution < 1.29 is 0 Å². The van der Waals surface area contributed by atoms with Gasteiger partial charge in [-0.1, -0.05) is 36.4 Å². The van der Waals surface area contributed by atoms with Crippen molar-refractivity contribution in [1.82, 2.24) is 4.90 Å². The molecule has 2 rings (SSSR count). The molecule has 0 aliphatic heterocycles. The van der Waals surface area contributed by atoms with Crippen LogP contribution in [-0.2, 0) is 6.42 Å². The second kappa shape index (κ2) is 6.85. The van der Waals surface area contributed by atoms with Gasteiger partial charge in [-0.05, 0) is 37.4 Å². The maximum atomic E-state index is 6.27. The summed E-state index contributed by atoms with van der Waals surface area (Å²) in [6.07, 6.45) is 1.09. The van der Waals surface area contributed by atoms with E-state index in [4.69, 9.17) is 5.73 Å². The number of benzene rings is 1. The molecule has 1 aromatic heterocycles. The van der Waals surface area contributed by atoms with E-state index in [0.717, 1.165) is 13.0 Å². The zero-order valence-corrected chi connectivity index (χ0v) is 12.4. The Morgan fingerprint density at radius 2 is 1.89 bits per heavy atom. The largest absolute Gasteiger partial charge is 0.323 e. The van der Waals surface area contributed by atoms with E-state index in [1.165, 1.54) is 10.4 Å². The van der Waals surface area contributed by atoms with Crippen molar-refractivity contribution >= 4 is 11.3 Å². The maximum absolute atomic E-state index is 6.27. The van der Waals surface area contributed by atoms with Crippen molar-refractivity contribution in [2.75, 3.05) is 13.6 Å². The van der Waals surface area contributed by atoms with Crippen LogP contribution < -0.4 is 5.73 Å². The summed E-state index contributed by atoms with van der Waals surface area (Å²) in [6.45, 7) is 3.15. The highest BCUT2D eigenvalue weighted by molar-refractivity contribution is 7.09. The van der Waals surface area contributed by atoms with E-state index in [9.17, 15) is 0 Å². The van der Waals surface area contributed by atoms with Gasteiger partial charge in [-0.3, -0.25) is 0 Å². The van der Waals surface area contributed by atoms with Gasteiger partial charge in [0.15, 0.2) is 0 Å². The molecule has 19 heavy (non-hydrogen) atoms. The Morgan fingerprint density at radius 3 is 2.53 bits per heavy atom. The second-order valence-corrected chi connectivity index (χ2v) is 6.12. The Labute approximate surface area is 119 Å². The van der Waals surface area contributed by atoms with Crippen LogP contribution in [-0.4, -0.2) is 24.5 Å². The third kappa shape index (κ3) is 4.16. The van der Waals surface area contributed by atoms with Crippen molar-refractivity contribution in [3.05, 3.63) is 58.3 Å². The van der Waals surface area contributed by atoms with Gasteiger partial charge in [0.2, 0.25) is 0 Å². The van der Waals surface area contributed by atoms with Crippen molar-refractivity contribution in [2.24, 2.45) is 5.73 Å². The summed E-state index contributed by atoms with van der Waals surface area (Å²) >= 11 is 1.83. The minimum atomic E-state index is 0.0805. The number of nitrogens with zero attached hydrogens (tertiary/aromatic N) is 1. The second-order valence-electron chi connectivity index (χ2n) is 5.09. The summed E-state index contributed by atoms with van der Waals surface area (Å²) in [4.78, 5) is 3.78. The standard InChI is InChI=1S/C16H22N2S/c1-13(11-15-9-6-10-19-15)18(2)12-16(17)14-7-4-3-5-8-14/h3-10,13,16H,11-12,17H2,1-2H3. The van der Waals surface area contributed by atoms with Crippen LogP contribution >= 0.6 is 11.3 Å². The van der Waals surface area contributed by atoms with Gasteiger partial charge >= 0.3 is 0 Å². The van der Waals surface area contributed by atoms with Crippen molar-refractivity contribution in [2.45, 2.75) is 25.4 Å². The van der Waals surface area contributed by atoms with E-state index in [-0.39, 0.29) is 6.04 Å². The smallest absolute Gasteiger partial charge is 0.0424 e. The predicted molar refractivity (Wildman–Crippen MR) is 83.5 cm³/mol. The van der Waals surface area contributed by atoms with E-state index in [2.05, 4.69) is 48.5 Å². The van der Waals surface area contributed by atoms with Crippen molar-refractivity contribution in [1.29, 1.82) is 0 Å². The lowest BCUT2D eigenvalue weighted by molar-refractivity contribution is 0.242. The van der Waals surface area contributed by atoms with E-state index < -0.39 is 0 Å². The number of likely N-dealkylation sites (N-methyl/N-ethyl adjacent to an activating group) is 1. The maximum Gasteiger partial charge on any atom is 0.0424 e. The Morgan fingerprint density at radius 1 is 1.16 bits per heavy atom. The summed E-state index contributed by atoms with van der Waals surface area (Å²) in [5, 5.41) is 2.14. The summed E-state index contributed by atoms with van der Waals surface area (Å²) in [6, 6.07) is 15.2. The first-order valence-corrected chi connectivity index (χ1v) is 7.58. The molecule has 0 saturated carbocycles. The average Bonchev–Trinajstić information content (AvgIpc) is 2.92. The van der Waals surface area contributed by atoms with Crippen LogP contribution in [0.2, 0.25) is 0 Å². The molecule has 0 aliphatic carbocycles. The van der Waals surface area contributed by atoms with Gasteiger partial charge in [-0.25, -0.2) is 0 Å². The van der Waals surface area contributed by atoms with Crippen LogP contribution in [0.1, 0.15) is 23.4 Å². The molecule has 2 atom stereocenters. The van der Waals surface area contributed by atoms with Crippen LogP contribution in [0.4, 0.5) is 0 Å². The van der Waals surface area contributed by atoms with Gasteiger partial charge in [0.05, 0.1) is 0 Å². The molecule has 2 aromatic rings. The first kappa shape index (κ1) is 14.3. The average molecular weight is 274 g/mol. The summed E-state index contributed by atoms with van der Waals surface area (Å²) in [7, 11) is 2.15. The summed E-state index contributed by atoms with van der Waals surface area (Å²) in [5.41, 5.74) is 7.47. The molecule has 2 nitrogen and oxygen atoms in total. The van der Waals surface area contributed by atoms with Crippen LogP contribution in [0.15, 0.2) is 47.8 Å². The Kier molecular flexibility index (Phi) is 5.14. The van der Waals surface area contributed by atoms with E-state index in [1.54, 1.807) is 0 Å². The molecule has 2 N–H and O–H groups in total. The van der Waals surface area contributed by atoms with Gasteiger partial charge in [0, 0.05) is 23.5 Å². The van der Waals surface area contributed by atoms with Gasteiger partial charge in [0.1, 0.15) is 0 Å². The quantitative estimate of drug-likeness (QED) is 0.875. The number of hydrogen-bond donors (Lipinski definition) is 1. The normalized spacial score (nSPS) is 14.5. The fourth-order valence-corrected chi connectivity index (χ4v) is 3.00. The Balaban J connectivity index is 1.88. The third-order valence-electron chi connectivity index (χ3n) is 3.54. The van der Waals surface area contributed by atoms with E-state index >= 15 is 0 Å². The van der Waals surface area contributed by atoms with Crippen LogP contribution in [0.25, 0.3) is 0 Å². The molecule has 0 amide bonds. The molecule has 1 aromatic carbocycles. The van der Waals surface area contributed by atoms with Gasteiger partial charge < -0.3 is 10.6 Å².